The Labute approximate surface area is 450 Å². The van der Waals surface area contributed by atoms with Crippen LogP contribution in [0.15, 0.2) is 122 Å². The SMILES string of the molecule is CC/C=C\C/C=C\C/C=C\C/C=C\C/C=C\C/C=C\C/C=C\C/C=C\C/C=C\CCCCCC(=O)NC(COP(=O)(O)OCC[N+](C)(C)C)C(O)/C=C/CCCCCCCCCCCCCCCCCCCC. The number of amides is 1. The van der Waals surface area contributed by atoms with Crippen molar-refractivity contribution in [2.24, 2.45) is 0 Å². The number of rotatable bonds is 52. The molecular weight excluding hydrogens is 924 g/mol. The van der Waals surface area contributed by atoms with Gasteiger partial charge in [0, 0.05) is 6.42 Å². The molecule has 0 aromatic rings. The molecule has 0 heterocycles. The number of nitrogens with one attached hydrogen (secondary N) is 1. The standard InChI is InChI=1S/C64H111N2O6P/c1-6-8-10-12-14-16-18-20-22-24-26-28-29-30-31-32-33-34-35-36-37-38-40-42-44-46-48-50-52-54-56-58-64(68)65-62(61-72-73(69,70)71-60-59-66(3,4)5)63(67)57-55-53-51-49-47-45-43-41-39-27-25-23-21-19-17-15-13-11-9-7-2/h8,10,14,16,20,22,26,28,30-31,33-34,36-37,40,42,46,48,55,57,62-63,67H,6-7,9,11-13,15,17-19,21,23-25,27,29,32,35,38-39,41,43-45,47,49-54,56,58-61H2,1-5H3,(H-,65,68,69,70)/p+1/b10-8-,16-14-,22-20-,28-26-,31-30-,34-33-,37-36-,42-40-,48-46-,57-55+. The van der Waals surface area contributed by atoms with Gasteiger partial charge in [-0.2, -0.15) is 0 Å². The molecule has 0 radical (unpaired) electrons. The molecule has 418 valence electrons. The number of allylic oxidation sites excluding steroid dienone is 19. The zero-order valence-electron chi connectivity index (χ0n) is 47.6. The Kier molecular flexibility index (Phi) is 51.4. The van der Waals surface area contributed by atoms with Crippen LogP contribution in [-0.2, 0) is 18.4 Å². The molecule has 0 spiro atoms. The maximum atomic E-state index is 13.0. The fourth-order valence-corrected chi connectivity index (χ4v) is 8.59. The minimum Gasteiger partial charge on any atom is -0.387 e. The van der Waals surface area contributed by atoms with Gasteiger partial charge in [0.1, 0.15) is 13.2 Å². The van der Waals surface area contributed by atoms with Crippen molar-refractivity contribution < 1.29 is 32.9 Å². The van der Waals surface area contributed by atoms with Crippen LogP contribution in [0.3, 0.4) is 0 Å². The summed E-state index contributed by atoms with van der Waals surface area (Å²) in [6, 6.07) is -0.874. The molecule has 0 aliphatic heterocycles. The average Bonchev–Trinajstić information content (AvgIpc) is 3.35. The molecule has 3 N–H and O–H groups in total. The van der Waals surface area contributed by atoms with Gasteiger partial charge in [0.25, 0.3) is 0 Å². The van der Waals surface area contributed by atoms with Gasteiger partial charge in [0.05, 0.1) is 39.9 Å². The second-order valence-electron chi connectivity index (χ2n) is 20.6. The van der Waals surface area contributed by atoms with E-state index in [9.17, 15) is 19.4 Å². The van der Waals surface area contributed by atoms with E-state index in [1.165, 1.54) is 103 Å². The fourth-order valence-electron chi connectivity index (χ4n) is 7.86. The molecule has 73 heavy (non-hydrogen) atoms. The lowest BCUT2D eigenvalue weighted by Crippen LogP contribution is -2.45. The van der Waals surface area contributed by atoms with Gasteiger partial charge in [-0.1, -0.05) is 251 Å². The lowest BCUT2D eigenvalue weighted by atomic mass is 10.0. The van der Waals surface area contributed by atoms with E-state index in [2.05, 4.69) is 129 Å². The van der Waals surface area contributed by atoms with Gasteiger partial charge >= 0.3 is 7.82 Å². The Bertz CT molecular complexity index is 1600. The summed E-state index contributed by atoms with van der Waals surface area (Å²) < 4.78 is 23.7. The first kappa shape index (κ1) is 69.9. The fraction of sp³-hybridized carbons (Fsp3) is 0.672. The van der Waals surface area contributed by atoms with Gasteiger partial charge in [0.2, 0.25) is 5.91 Å². The van der Waals surface area contributed by atoms with Gasteiger partial charge in [-0.05, 0) is 89.9 Å². The maximum Gasteiger partial charge on any atom is 0.472 e. The number of unbranched alkanes of at least 4 members (excludes halogenated alkanes) is 21. The van der Waals surface area contributed by atoms with Crippen molar-refractivity contribution in [2.45, 2.75) is 238 Å². The topological polar surface area (TPSA) is 105 Å². The molecule has 0 aliphatic rings. The smallest absolute Gasteiger partial charge is 0.387 e. The van der Waals surface area contributed by atoms with E-state index in [1.807, 2.05) is 27.2 Å². The third kappa shape index (κ3) is 56.5. The number of aliphatic hydroxyl groups excluding tert-OH is 1. The van der Waals surface area contributed by atoms with E-state index < -0.39 is 20.0 Å². The third-order valence-electron chi connectivity index (χ3n) is 12.4. The predicted molar refractivity (Wildman–Crippen MR) is 318 cm³/mol. The Morgan fingerprint density at radius 1 is 0.479 bits per heavy atom. The molecule has 8 nitrogen and oxygen atoms in total. The number of likely N-dealkylation sites (N-methyl/N-ethyl adjacent to an activating group) is 1. The summed E-state index contributed by atoms with van der Waals surface area (Å²) in [5, 5.41) is 13.9. The minimum absolute atomic E-state index is 0.0481. The van der Waals surface area contributed by atoms with Crippen molar-refractivity contribution in [3.05, 3.63) is 122 Å². The first-order valence-corrected chi connectivity index (χ1v) is 30.9. The Balaban J connectivity index is 4.33. The number of carbonyl (C=O) groups excluding carboxylic acids is 1. The molecule has 0 bridgehead atoms. The zero-order chi connectivity index (χ0) is 53.5. The van der Waals surface area contributed by atoms with Crippen LogP contribution in [0.25, 0.3) is 0 Å². The number of carbonyl (C=O) groups is 1. The Morgan fingerprint density at radius 2 is 0.822 bits per heavy atom. The van der Waals surface area contributed by atoms with Crippen LogP contribution in [0.4, 0.5) is 0 Å². The second-order valence-corrected chi connectivity index (χ2v) is 22.1. The van der Waals surface area contributed by atoms with Crippen LogP contribution in [-0.4, -0.2) is 73.4 Å². The van der Waals surface area contributed by atoms with Crippen LogP contribution >= 0.6 is 7.82 Å². The summed E-state index contributed by atoms with van der Waals surface area (Å²) in [4.78, 5) is 23.3. The molecular formula is C64H112N2O6P+. The van der Waals surface area contributed by atoms with Gasteiger partial charge in [0.15, 0.2) is 0 Å². The van der Waals surface area contributed by atoms with Crippen molar-refractivity contribution in [3.8, 4) is 0 Å². The zero-order valence-corrected chi connectivity index (χ0v) is 48.5. The second kappa shape index (κ2) is 53.7. The largest absolute Gasteiger partial charge is 0.472 e. The van der Waals surface area contributed by atoms with Crippen LogP contribution < -0.4 is 5.32 Å². The van der Waals surface area contributed by atoms with Gasteiger partial charge in [-0.3, -0.25) is 13.8 Å². The first-order valence-electron chi connectivity index (χ1n) is 29.4. The number of phosphoric acid groups is 1. The van der Waals surface area contributed by atoms with E-state index in [0.717, 1.165) is 103 Å². The molecule has 0 aliphatic carbocycles. The molecule has 0 saturated heterocycles. The summed E-state index contributed by atoms with van der Waals surface area (Å²) >= 11 is 0. The lowest BCUT2D eigenvalue weighted by Gasteiger charge is -2.25. The number of quaternary nitrogens is 1. The van der Waals surface area contributed by atoms with Crippen molar-refractivity contribution in [1.29, 1.82) is 0 Å². The van der Waals surface area contributed by atoms with Crippen molar-refractivity contribution in [2.75, 3.05) is 40.9 Å². The summed E-state index contributed by atoms with van der Waals surface area (Å²) in [5.41, 5.74) is 0. The average molecular weight is 1040 g/mol. The van der Waals surface area contributed by atoms with E-state index in [0.29, 0.717) is 17.4 Å². The van der Waals surface area contributed by atoms with Gasteiger partial charge in [-0.15, -0.1) is 0 Å². The number of nitrogens with zero attached hydrogens (tertiary/aromatic N) is 1. The lowest BCUT2D eigenvalue weighted by molar-refractivity contribution is -0.870. The molecule has 0 fully saturated rings. The summed E-state index contributed by atoms with van der Waals surface area (Å²) in [6.45, 7) is 4.67. The molecule has 3 unspecified atom stereocenters. The molecule has 0 aromatic carbocycles. The summed E-state index contributed by atoms with van der Waals surface area (Å²) in [5.74, 6) is -0.213. The maximum absolute atomic E-state index is 13.0. The number of phosphoric ester groups is 1. The van der Waals surface area contributed by atoms with Crippen molar-refractivity contribution in [3.63, 3.8) is 0 Å². The highest BCUT2D eigenvalue weighted by Crippen LogP contribution is 2.43. The van der Waals surface area contributed by atoms with E-state index in [4.69, 9.17) is 9.05 Å². The molecule has 0 saturated carbocycles. The van der Waals surface area contributed by atoms with E-state index in [-0.39, 0.29) is 19.1 Å². The van der Waals surface area contributed by atoms with Crippen molar-refractivity contribution >= 4 is 13.7 Å². The number of aliphatic hydroxyl groups is 1. The Morgan fingerprint density at radius 3 is 1.21 bits per heavy atom. The normalized spacial score (nSPS) is 14.8. The van der Waals surface area contributed by atoms with Crippen LogP contribution in [0.5, 0.6) is 0 Å². The highest BCUT2D eigenvalue weighted by molar-refractivity contribution is 7.47. The van der Waals surface area contributed by atoms with Crippen molar-refractivity contribution in [1.82, 2.24) is 5.32 Å². The number of hydrogen-bond donors (Lipinski definition) is 3. The predicted octanol–water partition coefficient (Wildman–Crippen LogP) is 18.1. The highest BCUT2D eigenvalue weighted by atomic mass is 31.2. The first-order chi connectivity index (χ1) is 35.5. The van der Waals surface area contributed by atoms with Crippen LogP contribution in [0, 0.1) is 0 Å². The van der Waals surface area contributed by atoms with Crippen LogP contribution in [0.1, 0.15) is 226 Å². The Hall–Kier alpha value is -3.10. The molecule has 0 rings (SSSR count). The third-order valence-corrected chi connectivity index (χ3v) is 13.4. The summed E-state index contributed by atoms with van der Waals surface area (Å²) in [6.07, 6.45) is 80.1. The monoisotopic (exact) mass is 1040 g/mol. The highest BCUT2D eigenvalue weighted by Gasteiger charge is 2.27. The van der Waals surface area contributed by atoms with E-state index >= 15 is 0 Å². The molecule has 1 amide bonds. The summed E-state index contributed by atoms with van der Waals surface area (Å²) in [7, 11) is 1.53. The minimum atomic E-state index is -4.37. The molecule has 3 atom stereocenters. The number of hydrogen-bond acceptors (Lipinski definition) is 5. The van der Waals surface area contributed by atoms with Gasteiger partial charge in [-0.25, -0.2) is 4.57 Å². The van der Waals surface area contributed by atoms with E-state index in [1.54, 1.807) is 6.08 Å². The molecule has 0 aromatic heterocycles. The quantitative estimate of drug-likeness (QED) is 0.0243. The van der Waals surface area contributed by atoms with Gasteiger partial charge < -0.3 is 19.8 Å². The molecule has 9 heteroatoms. The van der Waals surface area contributed by atoms with Crippen LogP contribution in [0.2, 0.25) is 0 Å².